The Morgan fingerprint density at radius 2 is 1.94 bits per heavy atom. The molecule has 0 spiro atoms. The minimum atomic E-state index is -0.331. The average molecular weight is 323 g/mol. The van der Waals surface area contributed by atoms with Gasteiger partial charge in [-0.15, -0.1) is 0 Å². The number of anilines is 1. The van der Waals surface area contributed by atoms with Crippen molar-refractivity contribution in [1.29, 1.82) is 0 Å². The third-order valence-electron chi connectivity index (χ3n) is 2.57. The Bertz CT molecular complexity index is 359. The molecular formula is C13H18BrClFN. The van der Waals surface area contributed by atoms with Crippen LogP contribution in [0.2, 0.25) is 5.02 Å². The van der Waals surface area contributed by atoms with Crippen LogP contribution in [0.25, 0.3) is 0 Å². The molecule has 1 atom stereocenters. The zero-order valence-corrected chi connectivity index (χ0v) is 12.7. The number of halogens is 3. The van der Waals surface area contributed by atoms with Crippen molar-refractivity contribution in [2.75, 3.05) is 5.32 Å². The molecule has 4 heteroatoms. The molecule has 1 aromatic rings. The average Bonchev–Trinajstić information content (AvgIpc) is 2.20. The summed E-state index contributed by atoms with van der Waals surface area (Å²) in [7, 11) is 0. The Kier molecular flexibility index (Phi) is 5.74. The molecular weight excluding hydrogens is 305 g/mol. The summed E-state index contributed by atoms with van der Waals surface area (Å²) in [6.07, 6.45) is 2.22. The molecule has 0 saturated carbocycles. The lowest BCUT2D eigenvalue weighted by Crippen LogP contribution is -2.16. The largest absolute Gasteiger partial charge is 0.380 e. The molecule has 0 aromatic heterocycles. The Hall–Kier alpha value is -0.280. The van der Waals surface area contributed by atoms with Crippen LogP contribution in [-0.4, -0.2) is 6.04 Å². The maximum atomic E-state index is 13.1. The van der Waals surface area contributed by atoms with Gasteiger partial charge in [0.05, 0.1) is 10.7 Å². The number of rotatable bonds is 5. The highest BCUT2D eigenvalue weighted by atomic mass is 79.9. The van der Waals surface area contributed by atoms with Gasteiger partial charge in [0.1, 0.15) is 5.82 Å². The molecule has 0 aliphatic heterocycles. The summed E-state index contributed by atoms with van der Waals surface area (Å²) in [6.45, 7) is 6.51. The normalized spacial score (nSPS) is 12.9. The minimum absolute atomic E-state index is 0.316. The smallest absolute Gasteiger partial charge is 0.125 e. The van der Waals surface area contributed by atoms with E-state index in [-0.39, 0.29) is 5.82 Å². The van der Waals surface area contributed by atoms with E-state index < -0.39 is 0 Å². The van der Waals surface area contributed by atoms with Crippen LogP contribution in [0.15, 0.2) is 16.6 Å². The van der Waals surface area contributed by atoms with Crippen molar-refractivity contribution in [1.82, 2.24) is 0 Å². The summed E-state index contributed by atoms with van der Waals surface area (Å²) in [5.74, 6) is 0.355. The Labute approximate surface area is 116 Å². The molecule has 1 N–H and O–H groups in total. The second-order valence-electron chi connectivity index (χ2n) is 4.76. The summed E-state index contributed by atoms with van der Waals surface area (Å²) in [6, 6.07) is 3.06. The van der Waals surface area contributed by atoms with Gasteiger partial charge in [-0.1, -0.05) is 25.4 Å². The Morgan fingerprint density at radius 3 is 2.47 bits per heavy atom. The molecule has 17 heavy (non-hydrogen) atoms. The number of benzene rings is 1. The number of hydrogen-bond donors (Lipinski definition) is 1. The van der Waals surface area contributed by atoms with Gasteiger partial charge in [0.2, 0.25) is 0 Å². The van der Waals surface area contributed by atoms with Gasteiger partial charge in [0.25, 0.3) is 0 Å². The monoisotopic (exact) mass is 321 g/mol. The highest BCUT2D eigenvalue weighted by Gasteiger charge is 2.11. The minimum Gasteiger partial charge on any atom is -0.380 e. The molecule has 0 heterocycles. The van der Waals surface area contributed by atoms with Crippen molar-refractivity contribution in [2.24, 2.45) is 5.92 Å². The standard InChI is InChI=1S/C13H18BrClFN/c1-8(2)4-5-9(3)17-13-11(14)6-10(16)7-12(13)15/h6-9,17H,4-5H2,1-3H3. The van der Waals surface area contributed by atoms with Crippen molar-refractivity contribution < 1.29 is 4.39 Å². The van der Waals surface area contributed by atoms with Gasteiger partial charge >= 0.3 is 0 Å². The zero-order chi connectivity index (χ0) is 13.0. The summed E-state index contributed by atoms with van der Waals surface area (Å²) < 4.78 is 13.7. The molecule has 0 aliphatic rings. The molecule has 0 aliphatic carbocycles. The van der Waals surface area contributed by atoms with Gasteiger partial charge < -0.3 is 5.32 Å². The second-order valence-corrected chi connectivity index (χ2v) is 6.02. The first kappa shape index (κ1) is 14.8. The Balaban J connectivity index is 2.68. The van der Waals surface area contributed by atoms with E-state index in [0.29, 0.717) is 21.5 Å². The first-order valence-corrected chi connectivity index (χ1v) is 6.98. The third-order valence-corrected chi connectivity index (χ3v) is 3.50. The molecule has 0 fully saturated rings. The third kappa shape index (κ3) is 4.84. The van der Waals surface area contributed by atoms with Crippen LogP contribution < -0.4 is 5.32 Å². The zero-order valence-electron chi connectivity index (χ0n) is 10.4. The van der Waals surface area contributed by atoms with Crippen LogP contribution in [0.5, 0.6) is 0 Å². The predicted molar refractivity (Wildman–Crippen MR) is 76.3 cm³/mol. The molecule has 0 bridgehead atoms. The quantitative estimate of drug-likeness (QED) is 0.757. The van der Waals surface area contributed by atoms with Crippen LogP contribution in [0.4, 0.5) is 10.1 Å². The van der Waals surface area contributed by atoms with Crippen LogP contribution >= 0.6 is 27.5 Å². The molecule has 1 unspecified atom stereocenters. The summed E-state index contributed by atoms with van der Waals surface area (Å²) in [4.78, 5) is 0. The molecule has 0 saturated heterocycles. The van der Waals surface area contributed by atoms with Gasteiger partial charge in [-0.25, -0.2) is 4.39 Å². The van der Waals surface area contributed by atoms with E-state index in [1.165, 1.54) is 12.1 Å². The molecule has 1 aromatic carbocycles. The SMILES string of the molecule is CC(C)CCC(C)Nc1c(Cl)cc(F)cc1Br. The highest BCUT2D eigenvalue weighted by Crippen LogP contribution is 2.32. The number of nitrogens with one attached hydrogen (secondary N) is 1. The topological polar surface area (TPSA) is 12.0 Å². The second kappa shape index (κ2) is 6.60. The van der Waals surface area contributed by atoms with E-state index >= 15 is 0 Å². The van der Waals surface area contributed by atoms with E-state index in [4.69, 9.17) is 11.6 Å². The van der Waals surface area contributed by atoms with Crippen LogP contribution in [0.1, 0.15) is 33.6 Å². The summed E-state index contributed by atoms with van der Waals surface area (Å²) in [5.41, 5.74) is 0.768. The molecule has 0 amide bonds. The maximum Gasteiger partial charge on any atom is 0.125 e. The fraction of sp³-hybridized carbons (Fsp3) is 0.538. The molecule has 96 valence electrons. The van der Waals surface area contributed by atoms with Crippen LogP contribution in [-0.2, 0) is 0 Å². The van der Waals surface area contributed by atoms with Gasteiger partial charge in [-0.3, -0.25) is 0 Å². The summed E-state index contributed by atoms with van der Waals surface area (Å²) >= 11 is 9.33. The van der Waals surface area contributed by atoms with Gasteiger partial charge in [0, 0.05) is 10.5 Å². The van der Waals surface area contributed by atoms with Crippen molar-refractivity contribution >= 4 is 33.2 Å². The first-order chi connectivity index (χ1) is 7.90. The molecule has 1 nitrogen and oxygen atoms in total. The van der Waals surface area contributed by atoms with E-state index in [2.05, 4.69) is 42.0 Å². The number of hydrogen-bond acceptors (Lipinski definition) is 1. The van der Waals surface area contributed by atoms with Crippen LogP contribution in [0.3, 0.4) is 0 Å². The van der Waals surface area contributed by atoms with Crippen molar-refractivity contribution in [3.05, 3.63) is 27.4 Å². The van der Waals surface area contributed by atoms with Crippen molar-refractivity contribution in [3.63, 3.8) is 0 Å². The fourth-order valence-corrected chi connectivity index (χ4v) is 2.50. The van der Waals surface area contributed by atoms with E-state index in [9.17, 15) is 4.39 Å². The van der Waals surface area contributed by atoms with E-state index in [0.717, 1.165) is 18.5 Å². The lowest BCUT2D eigenvalue weighted by Gasteiger charge is -2.18. The lowest BCUT2D eigenvalue weighted by molar-refractivity contribution is 0.527. The van der Waals surface area contributed by atoms with Gasteiger partial charge in [0.15, 0.2) is 0 Å². The fourth-order valence-electron chi connectivity index (χ4n) is 1.58. The first-order valence-electron chi connectivity index (χ1n) is 5.81. The van der Waals surface area contributed by atoms with Gasteiger partial charge in [-0.2, -0.15) is 0 Å². The molecule has 0 radical (unpaired) electrons. The highest BCUT2D eigenvalue weighted by molar-refractivity contribution is 9.10. The predicted octanol–water partition coefficient (Wildman–Crippen LogP) is 5.48. The van der Waals surface area contributed by atoms with Crippen LogP contribution in [0, 0.1) is 11.7 Å². The maximum absolute atomic E-state index is 13.1. The van der Waals surface area contributed by atoms with E-state index in [1.807, 2.05) is 0 Å². The van der Waals surface area contributed by atoms with Crippen molar-refractivity contribution in [3.8, 4) is 0 Å². The van der Waals surface area contributed by atoms with Gasteiger partial charge in [-0.05, 0) is 53.7 Å². The Morgan fingerprint density at radius 1 is 1.29 bits per heavy atom. The van der Waals surface area contributed by atoms with Crippen molar-refractivity contribution in [2.45, 2.75) is 39.7 Å². The molecule has 1 rings (SSSR count). The van der Waals surface area contributed by atoms with E-state index in [1.54, 1.807) is 0 Å². The lowest BCUT2D eigenvalue weighted by atomic mass is 10.0. The summed E-state index contributed by atoms with van der Waals surface area (Å²) in [5, 5.41) is 3.73.